The minimum Gasteiger partial charge on any atom is -0.463 e. The smallest absolute Gasteiger partial charge is 0.205 e. The molecule has 0 radical (unpaired) electrons. The fourth-order valence-corrected chi connectivity index (χ4v) is 2.77. The van der Waals surface area contributed by atoms with Crippen LogP contribution in [0.2, 0.25) is 0 Å². The summed E-state index contributed by atoms with van der Waals surface area (Å²) in [6, 6.07) is 12.8. The third kappa shape index (κ3) is 2.22. The Morgan fingerprint density at radius 3 is 2.63 bits per heavy atom. The first-order valence-electron chi connectivity index (χ1n) is 5.87. The lowest BCUT2D eigenvalue weighted by Crippen LogP contribution is -2.00. The number of aromatic nitrogens is 1. The first kappa shape index (κ1) is 11.9. The molecule has 0 aliphatic carbocycles. The number of ketones is 1. The van der Waals surface area contributed by atoms with Crippen LogP contribution in [0.5, 0.6) is 0 Å². The van der Waals surface area contributed by atoms with Crippen LogP contribution in [-0.4, -0.2) is 10.8 Å². The number of aryl methyl sites for hydroxylation is 1. The molecule has 0 saturated carbocycles. The van der Waals surface area contributed by atoms with E-state index in [0.717, 1.165) is 5.01 Å². The Balaban J connectivity index is 2.09. The van der Waals surface area contributed by atoms with Crippen LogP contribution in [0, 0.1) is 6.92 Å². The molecule has 0 unspecified atom stereocenters. The fraction of sp³-hybridized carbons (Fsp3) is 0.0667. The predicted molar refractivity (Wildman–Crippen MR) is 74.4 cm³/mol. The molecule has 0 amide bonds. The molecule has 2 heterocycles. The third-order valence-corrected chi connectivity index (χ3v) is 3.70. The number of furan rings is 1. The summed E-state index contributed by atoms with van der Waals surface area (Å²) in [5, 5.41) is 0.852. The van der Waals surface area contributed by atoms with Gasteiger partial charge in [-0.15, -0.1) is 11.3 Å². The average molecular weight is 269 g/mol. The second-order valence-electron chi connectivity index (χ2n) is 4.08. The van der Waals surface area contributed by atoms with E-state index < -0.39 is 0 Å². The van der Waals surface area contributed by atoms with Gasteiger partial charge in [-0.05, 0) is 19.1 Å². The topological polar surface area (TPSA) is 43.1 Å². The van der Waals surface area contributed by atoms with Gasteiger partial charge < -0.3 is 4.42 Å². The van der Waals surface area contributed by atoms with Gasteiger partial charge in [-0.1, -0.05) is 30.3 Å². The molecule has 3 aromatic rings. The van der Waals surface area contributed by atoms with Gasteiger partial charge in [-0.25, -0.2) is 4.98 Å². The summed E-state index contributed by atoms with van der Waals surface area (Å²) >= 11 is 1.39. The normalized spacial score (nSPS) is 10.6. The maximum Gasteiger partial charge on any atom is 0.205 e. The summed E-state index contributed by atoms with van der Waals surface area (Å²) in [5.74, 6) is 0.612. The van der Waals surface area contributed by atoms with Crippen LogP contribution in [0.1, 0.15) is 20.2 Å². The zero-order valence-electron chi connectivity index (χ0n) is 10.3. The predicted octanol–water partition coefficient (Wildman–Crippen LogP) is 3.94. The Labute approximate surface area is 114 Å². The number of thiazole rings is 1. The minimum absolute atomic E-state index is 0.0161. The van der Waals surface area contributed by atoms with Gasteiger partial charge in [0.05, 0.1) is 11.3 Å². The highest BCUT2D eigenvalue weighted by Gasteiger charge is 2.20. The van der Waals surface area contributed by atoms with Crippen LogP contribution >= 0.6 is 11.3 Å². The van der Waals surface area contributed by atoms with Crippen LogP contribution in [0.3, 0.4) is 0 Å². The van der Waals surface area contributed by atoms with Crippen molar-refractivity contribution < 1.29 is 9.21 Å². The Morgan fingerprint density at radius 1 is 1.16 bits per heavy atom. The van der Waals surface area contributed by atoms with E-state index in [2.05, 4.69) is 4.98 Å². The Morgan fingerprint density at radius 2 is 1.95 bits per heavy atom. The van der Waals surface area contributed by atoms with E-state index >= 15 is 0 Å². The van der Waals surface area contributed by atoms with Crippen molar-refractivity contribution in [2.45, 2.75) is 6.92 Å². The van der Waals surface area contributed by atoms with E-state index in [1.807, 2.05) is 43.3 Å². The summed E-state index contributed by atoms with van der Waals surface area (Å²) in [6.45, 7) is 1.89. The summed E-state index contributed by atoms with van der Waals surface area (Å²) < 4.78 is 5.35. The second-order valence-corrected chi connectivity index (χ2v) is 5.29. The van der Waals surface area contributed by atoms with Gasteiger partial charge in [0, 0.05) is 5.56 Å². The molecule has 1 aromatic carbocycles. The highest BCUT2D eigenvalue weighted by atomic mass is 32.1. The molecule has 0 atom stereocenters. The van der Waals surface area contributed by atoms with E-state index in [1.165, 1.54) is 11.3 Å². The van der Waals surface area contributed by atoms with Gasteiger partial charge in [0.1, 0.15) is 10.6 Å². The van der Waals surface area contributed by atoms with Crippen LogP contribution < -0.4 is 0 Å². The maximum absolute atomic E-state index is 12.5. The van der Waals surface area contributed by atoms with E-state index in [0.29, 0.717) is 21.9 Å². The molecule has 0 aliphatic heterocycles. The molecule has 19 heavy (non-hydrogen) atoms. The summed E-state index contributed by atoms with van der Waals surface area (Å²) in [7, 11) is 0. The molecule has 0 aliphatic rings. The molecule has 0 spiro atoms. The number of carbonyl (C=O) groups is 1. The molecule has 3 nitrogen and oxygen atoms in total. The fourth-order valence-electron chi connectivity index (χ4n) is 1.88. The largest absolute Gasteiger partial charge is 0.463 e. The zero-order valence-corrected chi connectivity index (χ0v) is 11.1. The van der Waals surface area contributed by atoms with Gasteiger partial charge in [-0.2, -0.15) is 0 Å². The van der Waals surface area contributed by atoms with E-state index in [1.54, 1.807) is 12.3 Å². The Hall–Kier alpha value is -2.20. The first-order chi connectivity index (χ1) is 9.25. The van der Waals surface area contributed by atoms with Gasteiger partial charge in [0.2, 0.25) is 5.78 Å². The van der Waals surface area contributed by atoms with Gasteiger partial charge >= 0.3 is 0 Å². The van der Waals surface area contributed by atoms with Gasteiger partial charge in [-0.3, -0.25) is 4.79 Å². The van der Waals surface area contributed by atoms with E-state index in [-0.39, 0.29) is 5.78 Å². The van der Waals surface area contributed by atoms with Crippen molar-refractivity contribution in [2.24, 2.45) is 0 Å². The minimum atomic E-state index is -0.0161. The van der Waals surface area contributed by atoms with Crippen molar-refractivity contribution in [3.63, 3.8) is 0 Å². The lowest BCUT2D eigenvalue weighted by Gasteiger charge is -1.99. The second kappa shape index (κ2) is 4.82. The van der Waals surface area contributed by atoms with Gasteiger partial charge in [0.25, 0.3) is 0 Å². The van der Waals surface area contributed by atoms with Crippen LogP contribution in [0.15, 0.2) is 53.1 Å². The van der Waals surface area contributed by atoms with Crippen molar-refractivity contribution in [1.29, 1.82) is 0 Å². The molecule has 4 heteroatoms. The van der Waals surface area contributed by atoms with Crippen molar-refractivity contribution in [3.05, 3.63) is 64.2 Å². The number of nitrogens with zero attached hydrogens (tertiary/aromatic N) is 1. The average Bonchev–Trinajstić information content (AvgIpc) is 3.07. The molecule has 0 bridgehead atoms. The van der Waals surface area contributed by atoms with Crippen molar-refractivity contribution in [2.75, 3.05) is 0 Å². The lowest BCUT2D eigenvalue weighted by atomic mass is 10.1. The summed E-state index contributed by atoms with van der Waals surface area (Å²) in [5.41, 5.74) is 1.29. The number of benzene rings is 1. The van der Waals surface area contributed by atoms with E-state index in [9.17, 15) is 4.79 Å². The highest BCUT2D eigenvalue weighted by Crippen LogP contribution is 2.30. The molecule has 94 valence electrons. The first-order valence-corrected chi connectivity index (χ1v) is 6.68. The molecule has 0 saturated heterocycles. The summed E-state index contributed by atoms with van der Waals surface area (Å²) in [6.07, 6.45) is 1.58. The van der Waals surface area contributed by atoms with Crippen LogP contribution in [-0.2, 0) is 0 Å². The Kier molecular flexibility index (Phi) is 3.01. The standard InChI is InChI=1S/C15H11NO2S/c1-10-16-13(12-8-5-9-18-12)15(19-10)14(17)11-6-3-2-4-7-11/h2-9H,1H3. The number of hydrogen-bond donors (Lipinski definition) is 0. The van der Waals surface area contributed by atoms with Crippen molar-refractivity contribution in [1.82, 2.24) is 4.98 Å². The molecular formula is C15H11NO2S. The molecular weight excluding hydrogens is 258 g/mol. The van der Waals surface area contributed by atoms with Crippen LogP contribution in [0.4, 0.5) is 0 Å². The van der Waals surface area contributed by atoms with Gasteiger partial charge in [0.15, 0.2) is 5.76 Å². The molecule has 0 N–H and O–H groups in total. The van der Waals surface area contributed by atoms with Crippen molar-refractivity contribution >= 4 is 17.1 Å². The zero-order chi connectivity index (χ0) is 13.2. The van der Waals surface area contributed by atoms with Crippen LogP contribution in [0.25, 0.3) is 11.5 Å². The number of hydrogen-bond acceptors (Lipinski definition) is 4. The summed E-state index contributed by atoms with van der Waals surface area (Å²) in [4.78, 5) is 17.5. The number of carbonyl (C=O) groups excluding carboxylic acids is 1. The highest BCUT2D eigenvalue weighted by molar-refractivity contribution is 7.14. The third-order valence-electron chi connectivity index (χ3n) is 2.73. The molecule has 2 aromatic heterocycles. The quantitative estimate of drug-likeness (QED) is 0.676. The molecule has 3 rings (SSSR count). The number of rotatable bonds is 3. The monoisotopic (exact) mass is 269 g/mol. The Bertz CT molecular complexity index is 699. The maximum atomic E-state index is 12.5. The lowest BCUT2D eigenvalue weighted by molar-refractivity contribution is 0.104. The van der Waals surface area contributed by atoms with Crippen molar-refractivity contribution in [3.8, 4) is 11.5 Å². The van der Waals surface area contributed by atoms with E-state index in [4.69, 9.17) is 4.42 Å². The SMILES string of the molecule is Cc1nc(-c2ccco2)c(C(=O)c2ccccc2)s1. The molecule has 0 fully saturated rings.